The van der Waals surface area contributed by atoms with Gasteiger partial charge >= 0.3 is 0 Å². The van der Waals surface area contributed by atoms with Gasteiger partial charge in [-0.3, -0.25) is 4.79 Å². The van der Waals surface area contributed by atoms with Crippen molar-refractivity contribution in [3.05, 3.63) is 145 Å². The lowest BCUT2D eigenvalue weighted by atomic mass is 9.80. The van der Waals surface area contributed by atoms with Gasteiger partial charge in [0.25, 0.3) is 5.91 Å². The summed E-state index contributed by atoms with van der Waals surface area (Å²) in [6, 6.07) is 25.1. The molecule has 12 heteroatoms. The molecule has 2 atom stereocenters. The molecule has 46 heavy (non-hydrogen) atoms. The molecular weight excluding hydrogens is 660 g/mol. The molecule has 0 saturated heterocycles. The number of hydrogen-bond donors (Lipinski definition) is 2. The number of hydrogen-bond acceptors (Lipinski definition) is 6. The second-order valence-electron chi connectivity index (χ2n) is 10.6. The van der Waals surface area contributed by atoms with Gasteiger partial charge in [0.05, 0.1) is 13.2 Å². The minimum Gasteiger partial charge on any atom is -0.494 e. The van der Waals surface area contributed by atoms with Crippen LogP contribution in [0.15, 0.2) is 106 Å². The summed E-state index contributed by atoms with van der Waals surface area (Å²) in [5.74, 6) is -1.71. The predicted octanol–water partition coefficient (Wildman–Crippen LogP) is 7.11. The highest BCUT2D eigenvalue weighted by Gasteiger charge is 2.54. The molecule has 0 radical (unpaired) electrons. The predicted molar refractivity (Wildman–Crippen MR) is 172 cm³/mol. The van der Waals surface area contributed by atoms with Crippen LogP contribution in [0, 0.1) is 11.6 Å². The molecule has 0 bridgehead atoms. The maximum absolute atomic E-state index is 14.5. The van der Waals surface area contributed by atoms with Crippen molar-refractivity contribution in [2.24, 2.45) is 10.1 Å². The van der Waals surface area contributed by atoms with E-state index in [4.69, 9.17) is 25.1 Å². The first-order valence-electron chi connectivity index (χ1n) is 14.5. The Morgan fingerprint density at radius 1 is 1.04 bits per heavy atom. The van der Waals surface area contributed by atoms with E-state index < -0.39 is 29.2 Å². The molecule has 9 nitrogen and oxygen atoms in total. The zero-order chi connectivity index (χ0) is 32.5. The average molecular weight is 691 g/mol. The van der Waals surface area contributed by atoms with Crippen LogP contribution in [0.3, 0.4) is 0 Å². The van der Waals surface area contributed by atoms with Gasteiger partial charge in [-0.2, -0.15) is 0 Å². The number of carbonyl (C=O) groups is 1. The third-order valence-corrected chi connectivity index (χ3v) is 8.30. The van der Waals surface area contributed by atoms with Crippen LogP contribution in [0.5, 0.6) is 5.75 Å². The van der Waals surface area contributed by atoms with Crippen LogP contribution in [-0.2, 0) is 29.0 Å². The number of rotatable bonds is 13. The third kappa shape index (κ3) is 7.37. The average Bonchev–Trinajstić information content (AvgIpc) is 3.46. The monoisotopic (exact) mass is 689 g/mol. The standard InChI is InChI=1S/C34H30BrF2N5O4/c35-28-9-4-2-6-24(28)19-34(33(44)39-20-22-10-15-29(36)30(37)18-22)31(27-8-3-1-7-25(27)21-40-42-38)46-32(41-34)23-11-13-26(14-12-23)45-17-5-16-43/h1-4,6-15,18,31,43H,5,16-17,19-21H2,(H,39,44)/t31-,34-/m1/s1. The van der Waals surface area contributed by atoms with Gasteiger partial charge in [0.15, 0.2) is 23.3 Å². The van der Waals surface area contributed by atoms with E-state index in [9.17, 15) is 13.6 Å². The highest BCUT2D eigenvalue weighted by molar-refractivity contribution is 9.10. The Kier molecular flexibility index (Phi) is 10.6. The fraction of sp³-hybridized carbons (Fsp3) is 0.235. The Morgan fingerprint density at radius 3 is 2.50 bits per heavy atom. The van der Waals surface area contributed by atoms with Crippen molar-refractivity contribution in [3.63, 3.8) is 0 Å². The van der Waals surface area contributed by atoms with Crippen molar-refractivity contribution in [2.45, 2.75) is 37.6 Å². The van der Waals surface area contributed by atoms with Crippen molar-refractivity contribution in [1.29, 1.82) is 0 Å². The summed E-state index contributed by atoms with van der Waals surface area (Å²) in [4.78, 5) is 22.4. The molecule has 1 aliphatic rings. The topological polar surface area (TPSA) is 129 Å². The van der Waals surface area contributed by atoms with Crippen LogP contribution < -0.4 is 10.1 Å². The van der Waals surface area contributed by atoms with Crippen LogP contribution in [0.25, 0.3) is 10.4 Å². The molecule has 0 spiro atoms. The number of amides is 1. The maximum atomic E-state index is 14.5. The van der Waals surface area contributed by atoms with E-state index in [1.165, 1.54) is 6.07 Å². The summed E-state index contributed by atoms with van der Waals surface area (Å²) in [6.07, 6.45) is -0.374. The Balaban J connectivity index is 1.61. The number of nitrogens with one attached hydrogen (secondary N) is 1. The first-order chi connectivity index (χ1) is 22.3. The van der Waals surface area contributed by atoms with Crippen molar-refractivity contribution in [3.8, 4) is 5.75 Å². The molecule has 0 saturated carbocycles. The fourth-order valence-corrected chi connectivity index (χ4v) is 5.64. The summed E-state index contributed by atoms with van der Waals surface area (Å²) in [6.45, 7) is 0.294. The molecule has 0 aliphatic carbocycles. The lowest BCUT2D eigenvalue weighted by molar-refractivity contribution is -0.129. The highest BCUT2D eigenvalue weighted by atomic mass is 79.9. The number of ether oxygens (including phenoxy) is 2. The fourth-order valence-electron chi connectivity index (χ4n) is 5.22. The molecular formula is C34H30BrF2N5O4. The first-order valence-corrected chi connectivity index (χ1v) is 15.3. The third-order valence-electron chi connectivity index (χ3n) is 7.53. The molecule has 0 aromatic heterocycles. The smallest absolute Gasteiger partial charge is 0.252 e. The second kappa shape index (κ2) is 15.0. The summed E-state index contributed by atoms with van der Waals surface area (Å²) in [5.41, 5.74) is 10.5. The molecule has 0 fully saturated rings. The molecule has 1 heterocycles. The van der Waals surface area contributed by atoms with E-state index in [1.807, 2.05) is 24.3 Å². The number of aliphatic hydroxyl groups is 1. The maximum Gasteiger partial charge on any atom is 0.252 e. The Morgan fingerprint density at radius 2 is 1.78 bits per heavy atom. The van der Waals surface area contributed by atoms with E-state index in [-0.39, 0.29) is 32.0 Å². The second-order valence-corrected chi connectivity index (χ2v) is 11.4. The molecule has 1 aliphatic heterocycles. The Bertz CT molecular complexity index is 1780. The van der Waals surface area contributed by atoms with E-state index in [1.54, 1.807) is 48.5 Å². The number of aliphatic imine (C=N–C) groups is 1. The van der Waals surface area contributed by atoms with Gasteiger partial charge in [0.1, 0.15) is 5.75 Å². The number of nitrogens with zero attached hydrogens (tertiary/aromatic N) is 4. The van der Waals surface area contributed by atoms with Gasteiger partial charge in [-0.05, 0) is 70.2 Å². The lowest BCUT2D eigenvalue weighted by Crippen LogP contribution is -2.50. The highest BCUT2D eigenvalue weighted by Crippen LogP contribution is 2.44. The molecule has 5 rings (SSSR count). The molecule has 1 amide bonds. The van der Waals surface area contributed by atoms with E-state index in [2.05, 4.69) is 31.3 Å². The Labute approximate surface area is 272 Å². The van der Waals surface area contributed by atoms with Gasteiger partial charge in [-0.15, -0.1) is 0 Å². The van der Waals surface area contributed by atoms with E-state index >= 15 is 0 Å². The molecule has 236 valence electrons. The van der Waals surface area contributed by atoms with Crippen LogP contribution in [-0.4, -0.2) is 35.7 Å². The van der Waals surface area contributed by atoms with Gasteiger partial charge in [0, 0.05) is 40.9 Å². The summed E-state index contributed by atoms with van der Waals surface area (Å²) in [7, 11) is 0. The van der Waals surface area contributed by atoms with Crippen LogP contribution >= 0.6 is 15.9 Å². The van der Waals surface area contributed by atoms with Gasteiger partial charge < -0.3 is 19.9 Å². The quantitative estimate of drug-likeness (QED) is 0.0671. The lowest BCUT2D eigenvalue weighted by Gasteiger charge is -2.32. The van der Waals surface area contributed by atoms with Crippen LogP contribution in [0.4, 0.5) is 8.78 Å². The van der Waals surface area contributed by atoms with Crippen molar-refractivity contribution < 1.29 is 28.2 Å². The van der Waals surface area contributed by atoms with Gasteiger partial charge in [-0.1, -0.05) is 69.6 Å². The zero-order valence-corrected chi connectivity index (χ0v) is 26.2. The number of azide groups is 1. The molecule has 4 aromatic carbocycles. The summed E-state index contributed by atoms with van der Waals surface area (Å²) in [5, 5.41) is 15.7. The number of halogens is 3. The number of benzene rings is 4. The van der Waals surface area contributed by atoms with Crippen molar-refractivity contribution >= 4 is 27.7 Å². The molecule has 0 unspecified atom stereocenters. The van der Waals surface area contributed by atoms with Crippen molar-refractivity contribution in [1.82, 2.24) is 5.32 Å². The van der Waals surface area contributed by atoms with Gasteiger partial charge in [0.2, 0.25) is 5.90 Å². The Hall–Kier alpha value is -4.77. The number of aliphatic hydroxyl groups excluding tert-OH is 1. The largest absolute Gasteiger partial charge is 0.494 e. The first kappa shape index (κ1) is 32.6. The number of carbonyl (C=O) groups excluding carboxylic acids is 1. The normalized spacial score (nSPS) is 17.0. The zero-order valence-electron chi connectivity index (χ0n) is 24.6. The van der Waals surface area contributed by atoms with Crippen molar-refractivity contribution in [2.75, 3.05) is 13.2 Å². The van der Waals surface area contributed by atoms with Crippen LogP contribution in [0.1, 0.15) is 40.3 Å². The summed E-state index contributed by atoms with van der Waals surface area (Å²) >= 11 is 3.60. The summed E-state index contributed by atoms with van der Waals surface area (Å²) < 4.78 is 40.6. The minimum absolute atomic E-state index is 0.0169. The SMILES string of the molecule is [N-]=[N+]=NCc1ccccc1[C@H]1OC(c2ccc(OCCCO)cc2)=N[C@@]1(Cc1ccccc1Br)C(=O)NCc1ccc(F)c(F)c1. The van der Waals surface area contributed by atoms with E-state index in [0.29, 0.717) is 41.0 Å². The van der Waals surface area contributed by atoms with Gasteiger partial charge in [-0.25, -0.2) is 13.8 Å². The minimum atomic E-state index is -1.58. The molecule has 2 N–H and O–H groups in total. The van der Waals surface area contributed by atoms with Crippen LogP contribution in [0.2, 0.25) is 0 Å². The molecule has 4 aromatic rings. The van der Waals surface area contributed by atoms with E-state index in [0.717, 1.165) is 22.2 Å².